The quantitative estimate of drug-likeness (QED) is 0.0770. The van der Waals surface area contributed by atoms with Crippen LogP contribution in [0.25, 0.3) is 10.9 Å². The topological polar surface area (TPSA) is 508 Å². The van der Waals surface area contributed by atoms with Crippen molar-refractivity contribution in [3.05, 3.63) is 71.9 Å². The predicted octanol–water partition coefficient (Wildman–Crippen LogP) is 2.10. The molecule has 24 N–H and O–H groups in total. The first-order valence-electron chi connectivity index (χ1n) is 24.1. The summed E-state index contributed by atoms with van der Waals surface area (Å²) in [6, 6.07) is 11.7. The number of rotatable bonds is 20. The number of nitrogens with two attached hydrogens (primary N) is 7. The number of para-hydroxylation sites is 1. The normalized spacial score (nSPS) is 15.2. The first kappa shape index (κ1) is 76.3. The van der Waals surface area contributed by atoms with E-state index in [1.807, 2.05) is 94.7 Å². The molecule has 1 fully saturated rings. The molecule has 0 aliphatic carbocycles. The van der Waals surface area contributed by atoms with E-state index in [0.29, 0.717) is 31.6 Å². The van der Waals surface area contributed by atoms with Crippen LogP contribution in [-0.2, 0) is 51.2 Å². The molecule has 76 heavy (non-hydrogen) atoms. The Morgan fingerprint density at radius 2 is 1.07 bits per heavy atom. The lowest BCUT2D eigenvalue weighted by molar-refractivity contribution is -0.140. The number of thioether (sulfide) groups is 1. The van der Waals surface area contributed by atoms with Gasteiger partial charge in [-0.15, -0.1) is 0 Å². The van der Waals surface area contributed by atoms with Gasteiger partial charge < -0.3 is 91.3 Å². The van der Waals surface area contributed by atoms with Gasteiger partial charge in [0.15, 0.2) is 0 Å². The van der Waals surface area contributed by atoms with Crippen molar-refractivity contribution in [3.63, 3.8) is 0 Å². The Kier molecular flexibility index (Phi) is 44.1. The molecule has 2 aromatic carbocycles. The Morgan fingerprint density at radius 1 is 0.605 bits per heavy atom. The minimum Gasteiger partial charge on any atom is -0.480 e. The summed E-state index contributed by atoms with van der Waals surface area (Å²) in [5.41, 5.74) is 39.4. The summed E-state index contributed by atoms with van der Waals surface area (Å²) >= 11 is 1.60. The van der Waals surface area contributed by atoms with Crippen LogP contribution in [0, 0.1) is 17.8 Å². The number of benzene rings is 2. The van der Waals surface area contributed by atoms with Gasteiger partial charge in [0.05, 0.1) is 0 Å². The van der Waals surface area contributed by atoms with Crippen LogP contribution in [0.1, 0.15) is 91.7 Å². The fourth-order valence-electron chi connectivity index (χ4n) is 5.23. The van der Waals surface area contributed by atoms with Crippen molar-refractivity contribution < 1.29 is 79.2 Å². The van der Waals surface area contributed by atoms with Crippen molar-refractivity contribution >= 4 is 70.4 Å². The van der Waals surface area contributed by atoms with E-state index < -0.39 is 90.0 Å². The van der Waals surface area contributed by atoms with Crippen LogP contribution in [0.15, 0.2) is 60.8 Å². The highest BCUT2D eigenvalue weighted by Gasteiger charge is 2.21. The van der Waals surface area contributed by atoms with Crippen molar-refractivity contribution in [3.8, 4) is 0 Å². The molecule has 0 bridgehead atoms. The summed E-state index contributed by atoms with van der Waals surface area (Å²) in [5, 5.41) is 70.5. The standard InChI is InChI=1S/C11H12N2O2.C9H11NO2.2C6H13NO2.C5H11NO2S.C5H9NO2.C5H11NO2.C3H7NO2/c12-9(11(14)15)5-7-6-13-10-4-2-1-3-8(7)10;10-8(9(11)12)6-7-4-2-1-3-5-7;1-4(2)3-5(7)6(8)9;1-3-4(2)5(7)6(8)9;1-9-3-2-4(6)5(7)8;7-5(8)4-2-1-3-6-4;1-3(2)4(6)5(7)8;1-2(4)3(5)6/h1-4,6,9,13H,5,12H2,(H,14,15);1-5,8H,6,10H2,(H,11,12);2*4-5H,3,7H2,1-2H3,(H,8,9);4H,2-3,6H2,1H3,(H,7,8);4,6H,1-3H2,(H,7,8);3-4H,6H2,1-2H3,(H,7,8);2H,4H2,1H3,(H,5,6)/t9-;8-;5-;4-,5-;3*4-;2-/m00000000/s1. The summed E-state index contributed by atoms with van der Waals surface area (Å²) in [6.45, 7) is 13.5. The van der Waals surface area contributed by atoms with E-state index in [1.165, 1.54) is 6.92 Å². The number of hydrogen-bond donors (Lipinski definition) is 17. The third-order valence-electron chi connectivity index (χ3n) is 10.3. The van der Waals surface area contributed by atoms with E-state index in [0.717, 1.165) is 53.6 Å². The molecule has 0 saturated carbocycles. The molecule has 26 heteroatoms. The predicted molar refractivity (Wildman–Crippen MR) is 293 cm³/mol. The molecule has 0 radical (unpaired) electrons. The molecule has 3 aromatic rings. The molecule has 1 aliphatic rings. The molecule has 1 aromatic heterocycles. The van der Waals surface area contributed by atoms with Crippen LogP contribution in [-0.4, -0.2) is 160 Å². The van der Waals surface area contributed by atoms with Crippen LogP contribution in [0.3, 0.4) is 0 Å². The lowest BCUT2D eigenvalue weighted by Gasteiger charge is -2.11. The molecule has 0 amide bonds. The zero-order chi connectivity index (χ0) is 59.8. The van der Waals surface area contributed by atoms with E-state index in [1.54, 1.807) is 25.6 Å². The van der Waals surface area contributed by atoms with Crippen LogP contribution in [0.2, 0.25) is 0 Å². The number of nitrogens with one attached hydrogen (secondary N) is 2. The van der Waals surface area contributed by atoms with Gasteiger partial charge in [0.1, 0.15) is 48.3 Å². The summed E-state index contributed by atoms with van der Waals surface area (Å²) in [5.74, 6) is -6.02. The highest BCUT2D eigenvalue weighted by atomic mass is 32.2. The Balaban J connectivity index is -0.000000396. The van der Waals surface area contributed by atoms with Crippen LogP contribution in [0.5, 0.6) is 0 Å². The number of aromatic nitrogens is 1. The molecular weight excluding hydrogens is 1010 g/mol. The van der Waals surface area contributed by atoms with Gasteiger partial charge in [0.2, 0.25) is 0 Å². The molecule has 4 rings (SSSR count). The minimum atomic E-state index is -0.972. The van der Waals surface area contributed by atoms with Gasteiger partial charge in [0.25, 0.3) is 0 Å². The lowest BCUT2D eigenvalue weighted by atomic mass is 10.0. The average Bonchev–Trinajstić information content (AvgIpc) is 4.05. The molecule has 9 atom stereocenters. The number of carboxylic acid groups (broad SMARTS) is 8. The fraction of sp³-hybridized carbons (Fsp3) is 0.560. The molecule has 25 nitrogen and oxygen atoms in total. The van der Waals surface area contributed by atoms with Gasteiger partial charge in [-0.05, 0) is 92.5 Å². The summed E-state index contributed by atoms with van der Waals surface area (Å²) in [6.07, 6.45) is 8.17. The first-order valence-corrected chi connectivity index (χ1v) is 25.5. The maximum Gasteiger partial charge on any atom is 0.320 e. The molecule has 434 valence electrons. The number of carboxylic acids is 8. The maximum absolute atomic E-state index is 10.6. The second kappa shape index (κ2) is 44.0. The van der Waals surface area contributed by atoms with E-state index >= 15 is 0 Å². The van der Waals surface area contributed by atoms with Crippen LogP contribution in [0.4, 0.5) is 0 Å². The van der Waals surface area contributed by atoms with Crippen molar-refractivity contribution in [2.75, 3.05) is 18.6 Å². The molecular formula is C50H87N9O16S. The third-order valence-corrected chi connectivity index (χ3v) is 11.0. The van der Waals surface area contributed by atoms with Crippen molar-refractivity contribution in [2.45, 2.75) is 142 Å². The number of aromatic amines is 1. The van der Waals surface area contributed by atoms with E-state index in [9.17, 15) is 38.4 Å². The summed E-state index contributed by atoms with van der Waals surface area (Å²) in [7, 11) is 0. The Bertz CT molecular complexity index is 2100. The smallest absolute Gasteiger partial charge is 0.320 e. The third kappa shape index (κ3) is 40.1. The van der Waals surface area contributed by atoms with Gasteiger partial charge in [0, 0.05) is 23.5 Å². The number of fused-ring (bicyclic) bond motifs is 1. The Morgan fingerprint density at radius 3 is 1.38 bits per heavy atom. The highest BCUT2D eigenvalue weighted by molar-refractivity contribution is 7.98. The SMILES string of the molecule is CC(C)C[C@H](N)C(=O)O.CC(C)[C@H](N)C(=O)O.CC[C@H](C)[C@H](N)C(=O)O.CSCC[C@H](N)C(=O)O.C[C@H](N)C(=O)O.N[C@@H](Cc1c[nH]c2ccccc12)C(=O)O.N[C@@H](Cc1ccccc1)C(=O)O.O=C(O)[C@@H]1CCCN1. The van der Waals surface area contributed by atoms with Gasteiger partial charge >= 0.3 is 47.8 Å². The van der Waals surface area contributed by atoms with E-state index in [2.05, 4.69) is 10.3 Å². The number of hydrogen-bond acceptors (Lipinski definition) is 17. The summed E-state index contributed by atoms with van der Waals surface area (Å²) in [4.78, 5) is 84.2. The van der Waals surface area contributed by atoms with Crippen molar-refractivity contribution in [1.29, 1.82) is 0 Å². The molecule has 0 unspecified atom stereocenters. The van der Waals surface area contributed by atoms with E-state index in [4.69, 9.17) is 81.0 Å². The summed E-state index contributed by atoms with van der Waals surface area (Å²) < 4.78 is 0. The van der Waals surface area contributed by atoms with E-state index in [-0.39, 0.29) is 17.9 Å². The molecule has 1 saturated heterocycles. The average molecular weight is 1100 g/mol. The fourth-order valence-corrected chi connectivity index (χ4v) is 5.72. The minimum absolute atomic E-state index is 0.0208. The largest absolute Gasteiger partial charge is 0.480 e. The van der Waals surface area contributed by atoms with Crippen molar-refractivity contribution in [2.24, 2.45) is 57.9 Å². The number of aliphatic carboxylic acids is 8. The van der Waals surface area contributed by atoms with Gasteiger partial charge in [-0.2, -0.15) is 11.8 Å². The maximum atomic E-state index is 10.6. The number of carbonyl (C=O) groups is 8. The Labute approximate surface area is 448 Å². The zero-order valence-corrected chi connectivity index (χ0v) is 45.6. The monoisotopic (exact) mass is 1100 g/mol. The second-order valence-electron chi connectivity index (χ2n) is 17.9. The van der Waals surface area contributed by atoms with Crippen molar-refractivity contribution in [1.82, 2.24) is 10.3 Å². The Hall–Kier alpha value is -6.23. The number of H-pyrrole nitrogens is 1. The lowest BCUT2D eigenvalue weighted by Crippen LogP contribution is -2.36. The second-order valence-corrected chi connectivity index (χ2v) is 18.9. The van der Waals surface area contributed by atoms with Crippen LogP contribution >= 0.6 is 11.8 Å². The van der Waals surface area contributed by atoms with Gasteiger partial charge in [-0.25, -0.2) is 0 Å². The molecule has 2 heterocycles. The first-order chi connectivity index (χ1) is 35.2. The zero-order valence-electron chi connectivity index (χ0n) is 44.8. The van der Waals surface area contributed by atoms with Crippen LogP contribution < -0.4 is 45.5 Å². The van der Waals surface area contributed by atoms with Gasteiger partial charge in [-0.1, -0.05) is 96.5 Å². The molecule has 1 aliphatic heterocycles. The highest BCUT2D eigenvalue weighted by Crippen LogP contribution is 2.18. The molecule has 0 spiro atoms. The van der Waals surface area contributed by atoms with Gasteiger partial charge in [-0.3, -0.25) is 38.4 Å².